The van der Waals surface area contributed by atoms with E-state index in [2.05, 4.69) is 24.2 Å². The summed E-state index contributed by atoms with van der Waals surface area (Å²) in [5, 5.41) is 4.11. The minimum absolute atomic E-state index is 0.179. The van der Waals surface area contributed by atoms with Gasteiger partial charge in [0.05, 0.1) is 6.04 Å². The molecule has 1 unspecified atom stereocenters. The number of rotatable bonds is 2. The quantitative estimate of drug-likeness (QED) is 0.873. The van der Waals surface area contributed by atoms with Gasteiger partial charge in [0.25, 0.3) is 0 Å². The number of anilines is 1. The van der Waals surface area contributed by atoms with Gasteiger partial charge in [0.1, 0.15) is 5.82 Å². The van der Waals surface area contributed by atoms with Crippen LogP contribution in [-0.2, 0) is 0 Å². The van der Waals surface area contributed by atoms with Crippen molar-refractivity contribution in [2.45, 2.75) is 33.2 Å². The SMILES string of the molecule is Cc1ccc(NC2=NC(C(C)C)CCS2)cc1F. The van der Waals surface area contributed by atoms with Crippen molar-refractivity contribution in [3.8, 4) is 0 Å². The van der Waals surface area contributed by atoms with Crippen LogP contribution in [0.1, 0.15) is 25.8 Å². The van der Waals surface area contributed by atoms with Crippen LogP contribution in [0.4, 0.5) is 10.1 Å². The summed E-state index contributed by atoms with van der Waals surface area (Å²) in [6.07, 6.45) is 1.12. The first-order chi connectivity index (χ1) is 8.56. The van der Waals surface area contributed by atoms with Gasteiger partial charge in [0.15, 0.2) is 5.17 Å². The smallest absolute Gasteiger partial charge is 0.161 e. The van der Waals surface area contributed by atoms with E-state index in [1.54, 1.807) is 24.8 Å². The monoisotopic (exact) mass is 266 g/mol. The molecule has 0 aromatic heterocycles. The molecule has 1 aliphatic rings. The van der Waals surface area contributed by atoms with E-state index in [1.165, 1.54) is 6.07 Å². The summed E-state index contributed by atoms with van der Waals surface area (Å²) in [7, 11) is 0. The second kappa shape index (κ2) is 5.74. The lowest BCUT2D eigenvalue weighted by Gasteiger charge is -2.23. The van der Waals surface area contributed by atoms with Crippen LogP contribution >= 0.6 is 11.8 Å². The molecule has 18 heavy (non-hydrogen) atoms. The standard InChI is InChI=1S/C14H19FN2S/c1-9(2)13-6-7-18-14(17-13)16-11-5-4-10(3)12(15)8-11/h4-5,8-9,13H,6-7H2,1-3H3,(H,16,17). The summed E-state index contributed by atoms with van der Waals surface area (Å²) in [4.78, 5) is 4.67. The van der Waals surface area contributed by atoms with E-state index < -0.39 is 0 Å². The lowest BCUT2D eigenvalue weighted by Crippen LogP contribution is -2.23. The van der Waals surface area contributed by atoms with E-state index >= 15 is 0 Å². The molecule has 0 saturated carbocycles. The van der Waals surface area contributed by atoms with Gasteiger partial charge >= 0.3 is 0 Å². The van der Waals surface area contributed by atoms with Crippen LogP contribution in [0.2, 0.25) is 0 Å². The number of aliphatic imine (C=N–C) groups is 1. The predicted molar refractivity (Wildman–Crippen MR) is 77.9 cm³/mol. The minimum atomic E-state index is -0.179. The molecule has 1 heterocycles. The van der Waals surface area contributed by atoms with Gasteiger partial charge in [-0.15, -0.1) is 0 Å². The maximum atomic E-state index is 13.5. The first-order valence-electron chi connectivity index (χ1n) is 6.30. The number of nitrogens with one attached hydrogen (secondary N) is 1. The number of halogens is 1. The molecule has 98 valence electrons. The highest BCUT2D eigenvalue weighted by Crippen LogP contribution is 2.24. The summed E-state index contributed by atoms with van der Waals surface area (Å²) in [5.41, 5.74) is 1.44. The van der Waals surface area contributed by atoms with Crippen LogP contribution < -0.4 is 5.32 Å². The van der Waals surface area contributed by atoms with Crippen LogP contribution in [0, 0.1) is 18.7 Å². The van der Waals surface area contributed by atoms with Crippen molar-refractivity contribution >= 4 is 22.6 Å². The van der Waals surface area contributed by atoms with Crippen LogP contribution in [0.3, 0.4) is 0 Å². The molecule has 0 saturated heterocycles. The van der Waals surface area contributed by atoms with Crippen LogP contribution in [-0.4, -0.2) is 17.0 Å². The van der Waals surface area contributed by atoms with E-state index in [9.17, 15) is 4.39 Å². The van der Waals surface area contributed by atoms with Gasteiger partial charge in [-0.05, 0) is 37.0 Å². The third-order valence-corrected chi connectivity index (χ3v) is 4.05. The first kappa shape index (κ1) is 13.4. The Kier molecular flexibility index (Phi) is 4.27. The topological polar surface area (TPSA) is 24.4 Å². The van der Waals surface area contributed by atoms with Crippen molar-refractivity contribution < 1.29 is 4.39 Å². The average molecular weight is 266 g/mol. The number of hydrogen-bond acceptors (Lipinski definition) is 3. The normalized spacial score (nSPS) is 19.8. The Bertz CT molecular complexity index is 457. The molecule has 1 aliphatic heterocycles. The second-order valence-electron chi connectivity index (χ2n) is 4.97. The lowest BCUT2D eigenvalue weighted by atomic mass is 10.0. The number of aryl methyl sites for hydroxylation is 1. The van der Waals surface area contributed by atoms with Gasteiger partial charge in [0.2, 0.25) is 0 Å². The maximum absolute atomic E-state index is 13.5. The third-order valence-electron chi connectivity index (χ3n) is 3.13. The molecule has 0 aliphatic carbocycles. The molecule has 0 spiro atoms. The fraction of sp³-hybridized carbons (Fsp3) is 0.500. The van der Waals surface area contributed by atoms with Crippen molar-refractivity contribution in [1.82, 2.24) is 0 Å². The van der Waals surface area contributed by atoms with E-state index in [0.717, 1.165) is 23.0 Å². The zero-order valence-electron chi connectivity index (χ0n) is 11.0. The number of thioether (sulfide) groups is 1. The van der Waals surface area contributed by atoms with Gasteiger partial charge in [-0.25, -0.2) is 4.39 Å². The molecule has 0 bridgehead atoms. The summed E-state index contributed by atoms with van der Waals surface area (Å²) in [6.45, 7) is 6.14. The maximum Gasteiger partial charge on any atom is 0.161 e. The molecular formula is C14H19FN2S. The highest BCUT2D eigenvalue weighted by atomic mass is 32.2. The Hall–Kier alpha value is -1.03. The lowest BCUT2D eigenvalue weighted by molar-refractivity contribution is 0.485. The molecule has 1 N–H and O–H groups in total. The van der Waals surface area contributed by atoms with Gasteiger partial charge in [0, 0.05) is 11.4 Å². The van der Waals surface area contributed by atoms with Crippen molar-refractivity contribution in [2.24, 2.45) is 10.9 Å². The minimum Gasteiger partial charge on any atom is -0.335 e. The van der Waals surface area contributed by atoms with Gasteiger partial charge in [-0.1, -0.05) is 31.7 Å². The highest BCUT2D eigenvalue weighted by molar-refractivity contribution is 8.14. The zero-order valence-corrected chi connectivity index (χ0v) is 11.9. The molecule has 1 aromatic carbocycles. The molecule has 1 atom stereocenters. The Morgan fingerprint density at radius 3 is 2.89 bits per heavy atom. The Morgan fingerprint density at radius 1 is 1.44 bits per heavy atom. The van der Waals surface area contributed by atoms with Crippen LogP contribution in [0.25, 0.3) is 0 Å². The highest BCUT2D eigenvalue weighted by Gasteiger charge is 2.18. The largest absolute Gasteiger partial charge is 0.335 e. The Labute approximate surface area is 112 Å². The third kappa shape index (κ3) is 3.25. The summed E-state index contributed by atoms with van der Waals surface area (Å²) in [6, 6.07) is 5.58. The van der Waals surface area contributed by atoms with E-state index in [4.69, 9.17) is 0 Å². The summed E-state index contributed by atoms with van der Waals surface area (Å²) < 4.78 is 13.5. The van der Waals surface area contributed by atoms with Gasteiger partial charge < -0.3 is 5.32 Å². The number of nitrogens with zero attached hydrogens (tertiary/aromatic N) is 1. The molecule has 2 nitrogen and oxygen atoms in total. The first-order valence-corrected chi connectivity index (χ1v) is 7.28. The van der Waals surface area contributed by atoms with Gasteiger partial charge in [-0.2, -0.15) is 0 Å². The predicted octanol–water partition coefficient (Wildman–Crippen LogP) is 4.06. The molecule has 0 fully saturated rings. The van der Waals surface area contributed by atoms with Crippen LogP contribution in [0.15, 0.2) is 23.2 Å². The van der Waals surface area contributed by atoms with Crippen molar-refractivity contribution in [3.05, 3.63) is 29.6 Å². The summed E-state index contributed by atoms with van der Waals surface area (Å²) in [5.74, 6) is 1.45. The molecule has 0 amide bonds. The summed E-state index contributed by atoms with van der Waals surface area (Å²) >= 11 is 1.71. The number of benzene rings is 1. The van der Waals surface area contributed by atoms with Crippen LogP contribution in [0.5, 0.6) is 0 Å². The Balaban J connectivity index is 2.10. The molecule has 1 aromatic rings. The van der Waals surface area contributed by atoms with Crippen molar-refractivity contribution in [1.29, 1.82) is 0 Å². The Morgan fingerprint density at radius 2 is 2.22 bits per heavy atom. The molecular weight excluding hydrogens is 247 g/mol. The van der Waals surface area contributed by atoms with Crippen molar-refractivity contribution in [2.75, 3.05) is 11.1 Å². The number of amidine groups is 1. The second-order valence-corrected chi connectivity index (χ2v) is 6.06. The van der Waals surface area contributed by atoms with Gasteiger partial charge in [-0.3, -0.25) is 4.99 Å². The fourth-order valence-electron chi connectivity index (χ4n) is 1.87. The van der Waals surface area contributed by atoms with Crippen molar-refractivity contribution in [3.63, 3.8) is 0 Å². The van der Waals surface area contributed by atoms with E-state index in [-0.39, 0.29) is 5.82 Å². The fourth-order valence-corrected chi connectivity index (χ4v) is 2.83. The zero-order chi connectivity index (χ0) is 13.1. The van der Waals surface area contributed by atoms with E-state index in [1.807, 2.05) is 6.07 Å². The average Bonchev–Trinajstić information content (AvgIpc) is 2.34. The molecule has 4 heteroatoms. The molecule has 0 radical (unpaired) electrons. The number of hydrogen-bond donors (Lipinski definition) is 1. The molecule has 2 rings (SSSR count). The van der Waals surface area contributed by atoms with E-state index in [0.29, 0.717) is 17.5 Å².